The van der Waals surface area contributed by atoms with Crippen molar-refractivity contribution in [3.63, 3.8) is 0 Å². The van der Waals surface area contributed by atoms with Crippen molar-refractivity contribution in [3.8, 4) is 0 Å². The molecule has 1 unspecified atom stereocenters. The van der Waals surface area contributed by atoms with Crippen LogP contribution in [0.15, 0.2) is 0 Å². The number of hydrogen-bond donors (Lipinski definition) is 2. The molecule has 1 saturated heterocycles. The van der Waals surface area contributed by atoms with Gasteiger partial charge < -0.3 is 10.6 Å². The number of amides is 1. The number of carbonyl (C=O) groups excluding carboxylic acids is 1. The highest BCUT2D eigenvalue weighted by molar-refractivity contribution is 5.85. The summed E-state index contributed by atoms with van der Waals surface area (Å²) in [4.78, 5) is 12.1. The van der Waals surface area contributed by atoms with Gasteiger partial charge in [0.05, 0.1) is 0 Å². The lowest BCUT2D eigenvalue weighted by molar-refractivity contribution is -0.125. The molecule has 2 fully saturated rings. The van der Waals surface area contributed by atoms with Crippen LogP contribution < -0.4 is 10.6 Å². The third-order valence-corrected chi connectivity index (χ3v) is 4.48. The lowest BCUT2D eigenvalue weighted by atomic mass is 9.95. The Bertz CT molecular complexity index is 247. The van der Waals surface area contributed by atoms with E-state index in [2.05, 4.69) is 10.6 Å². The molecule has 0 aromatic carbocycles. The highest BCUT2D eigenvalue weighted by Crippen LogP contribution is 2.23. The summed E-state index contributed by atoms with van der Waals surface area (Å²) in [7, 11) is 0. The Balaban J connectivity index is 0.00000180. The summed E-state index contributed by atoms with van der Waals surface area (Å²) in [6.07, 6.45) is 11.1. The van der Waals surface area contributed by atoms with Gasteiger partial charge in [-0.25, -0.2) is 0 Å². The van der Waals surface area contributed by atoms with Crippen LogP contribution in [0.1, 0.15) is 57.8 Å². The Kier molecular flexibility index (Phi) is 8.47. The molecule has 0 aromatic rings. The van der Waals surface area contributed by atoms with Gasteiger partial charge in [0, 0.05) is 12.5 Å². The molecule has 1 heterocycles. The maximum absolute atomic E-state index is 12.1. The fourth-order valence-electron chi connectivity index (χ4n) is 3.26. The number of nitrogens with one attached hydrogen (secondary N) is 2. The van der Waals surface area contributed by atoms with Gasteiger partial charge in [0.25, 0.3) is 0 Å². The van der Waals surface area contributed by atoms with E-state index < -0.39 is 0 Å². The predicted molar refractivity (Wildman–Crippen MR) is 81.7 cm³/mol. The lowest BCUT2D eigenvalue weighted by Gasteiger charge is -2.23. The largest absolute Gasteiger partial charge is 0.356 e. The standard InChI is InChI=1S/C15H28N2O.ClH/c18-15(14-7-3-1-2-4-8-14)17-11-9-13-6-5-10-16-12-13;/h13-14,16H,1-12H2,(H,17,18);1H. The van der Waals surface area contributed by atoms with E-state index >= 15 is 0 Å². The molecule has 1 aliphatic carbocycles. The number of hydrogen-bond acceptors (Lipinski definition) is 2. The second kappa shape index (κ2) is 9.60. The zero-order chi connectivity index (χ0) is 12.6. The molecule has 0 bridgehead atoms. The summed E-state index contributed by atoms with van der Waals surface area (Å²) < 4.78 is 0. The van der Waals surface area contributed by atoms with Crippen LogP contribution in [0.25, 0.3) is 0 Å². The first-order chi connectivity index (χ1) is 8.86. The summed E-state index contributed by atoms with van der Waals surface area (Å²) >= 11 is 0. The zero-order valence-electron chi connectivity index (χ0n) is 12.0. The minimum atomic E-state index is 0. The van der Waals surface area contributed by atoms with Gasteiger partial charge in [0.2, 0.25) is 5.91 Å². The number of piperidine rings is 1. The van der Waals surface area contributed by atoms with Crippen molar-refractivity contribution in [1.82, 2.24) is 10.6 Å². The highest BCUT2D eigenvalue weighted by Gasteiger charge is 2.20. The second-order valence-electron chi connectivity index (χ2n) is 5.98. The minimum absolute atomic E-state index is 0. The third-order valence-electron chi connectivity index (χ3n) is 4.48. The number of carbonyl (C=O) groups is 1. The van der Waals surface area contributed by atoms with Crippen molar-refractivity contribution in [2.75, 3.05) is 19.6 Å². The van der Waals surface area contributed by atoms with Gasteiger partial charge in [-0.1, -0.05) is 25.7 Å². The average molecular weight is 289 g/mol. The van der Waals surface area contributed by atoms with Crippen molar-refractivity contribution in [2.24, 2.45) is 11.8 Å². The van der Waals surface area contributed by atoms with E-state index in [1.54, 1.807) is 0 Å². The SMILES string of the molecule is Cl.O=C(NCCC1CCCNC1)C1CCCCCC1. The molecule has 0 radical (unpaired) electrons. The molecule has 0 spiro atoms. The summed E-state index contributed by atoms with van der Waals surface area (Å²) in [5.41, 5.74) is 0. The minimum Gasteiger partial charge on any atom is -0.356 e. The van der Waals surface area contributed by atoms with Gasteiger partial charge in [-0.05, 0) is 51.1 Å². The average Bonchev–Trinajstić information content (AvgIpc) is 2.69. The van der Waals surface area contributed by atoms with E-state index in [9.17, 15) is 4.79 Å². The maximum Gasteiger partial charge on any atom is 0.223 e. The summed E-state index contributed by atoms with van der Waals surface area (Å²) in [6, 6.07) is 0. The van der Waals surface area contributed by atoms with Gasteiger partial charge in [0.15, 0.2) is 0 Å². The van der Waals surface area contributed by atoms with Crippen molar-refractivity contribution in [3.05, 3.63) is 0 Å². The van der Waals surface area contributed by atoms with E-state index in [1.165, 1.54) is 45.1 Å². The summed E-state index contributed by atoms with van der Waals surface area (Å²) in [6.45, 7) is 3.19. The van der Waals surface area contributed by atoms with Crippen LogP contribution >= 0.6 is 12.4 Å². The molecule has 112 valence electrons. The Labute approximate surface area is 123 Å². The Morgan fingerprint density at radius 1 is 1.05 bits per heavy atom. The van der Waals surface area contributed by atoms with Gasteiger partial charge in [-0.15, -0.1) is 12.4 Å². The van der Waals surface area contributed by atoms with Crippen LogP contribution in [0.4, 0.5) is 0 Å². The van der Waals surface area contributed by atoms with Gasteiger partial charge >= 0.3 is 0 Å². The number of rotatable bonds is 4. The second-order valence-corrected chi connectivity index (χ2v) is 5.98. The molecular weight excluding hydrogens is 260 g/mol. The van der Waals surface area contributed by atoms with E-state index in [0.29, 0.717) is 11.8 Å². The lowest BCUT2D eigenvalue weighted by Crippen LogP contribution is -2.35. The quantitative estimate of drug-likeness (QED) is 0.781. The van der Waals surface area contributed by atoms with Crippen LogP contribution in [0, 0.1) is 11.8 Å². The monoisotopic (exact) mass is 288 g/mol. The van der Waals surface area contributed by atoms with Crippen molar-refractivity contribution in [2.45, 2.75) is 57.8 Å². The van der Waals surface area contributed by atoms with Crippen LogP contribution in [0.3, 0.4) is 0 Å². The predicted octanol–water partition coefficient (Wildman–Crippen LogP) is 2.88. The van der Waals surface area contributed by atoms with Crippen LogP contribution in [-0.2, 0) is 4.79 Å². The van der Waals surface area contributed by atoms with Crippen LogP contribution in [-0.4, -0.2) is 25.5 Å². The highest BCUT2D eigenvalue weighted by atomic mass is 35.5. The van der Waals surface area contributed by atoms with Crippen LogP contribution in [0.2, 0.25) is 0 Å². The molecule has 2 aliphatic rings. The Hall–Kier alpha value is -0.280. The molecule has 1 amide bonds. The third kappa shape index (κ3) is 6.13. The first-order valence-corrected chi connectivity index (χ1v) is 7.84. The molecule has 1 saturated carbocycles. The van der Waals surface area contributed by atoms with E-state index in [-0.39, 0.29) is 12.4 Å². The van der Waals surface area contributed by atoms with Gasteiger partial charge in [0.1, 0.15) is 0 Å². The van der Waals surface area contributed by atoms with Gasteiger partial charge in [-0.2, -0.15) is 0 Å². The fraction of sp³-hybridized carbons (Fsp3) is 0.933. The van der Waals surface area contributed by atoms with Crippen LogP contribution in [0.5, 0.6) is 0 Å². The molecule has 2 N–H and O–H groups in total. The van der Waals surface area contributed by atoms with E-state index in [0.717, 1.165) is 38.3 Å². The van der Waals surface area contributed by atoms with E-state index in [1.807, 2.05) is 0 Å². The van der Waals surface area contributed by atoms with Crippen molar-refractivity contribution in [1.29, 1.82) is 0 Å². The summed E-state index contributed by atoms with van der Waals surface area (Å²) in [5.74, 6) is 1.39. The normalized spacial score (nSPS) is 25.2. The topological polar surface area (TPSA) is 41.1 Å². The molecular formula is C15H29ClN2O. The fourth-order valence-corrected chi connectivity index (χ4v) is 3.26. The molecule has 19 heavy (non-hydrogen) atoms. The Morgan fingerprint density at radius 3 is 2.42 bits per heavy atom. The first kappa shape index (κ1) is 16.8. The smallest absolute Gasteiger partial charge is 0.223 e. The number of halogens is 1. The summed E-state index contributed by atoms with van der Waals surface area (Å²) in [5, 5.41) is 6.59. The maximum atomic E-state index is 12.1. The molecule has 1 atom stereocenters. The van der Waals surface area contributed by atoms with Crippen molar-refractivity contribution >= 4 is 18.3 Å². The zero-order valence-corrected chi connectivity index (χ0v) is 12.8. The Morgan fingerprint density at radius 2 is 1.79 bits per heavy atom. The molecule has 4 heteroatoms. The molecule has 2 rings (SSSR count). The molecule has 1 aliphatic heterocycles. The first-order valence-electron chi connectivity index (χ1n) is 7.84. The van der Waals surface area contributed by atoms with Crippen molar-refractivity contribution < 1.29 is 4.79 Å². The van der Waals surface area contributed by atoms with E-state index in [4.69, 9.17) is 0 Å². The molecule has 0 aromatic heterocycles. The van der Waals surface area contributed by atoms with Gasteiger partial charge in [-0.3, -0.25) is 4.79 Å². The molecule has 3 nitrogen and oxygen atoms in total.